The highest BCUT2D eigenvalue weighted by Crippen LogP contribution is 2.41. The summed E-state index contributed by atoms with van der Waals surface area (Å²) in [7, 11) is 0. The van der Waals surface area contributed by atoms with Gasteiger partial charge in [0, 0.05) is 0 Å². The van der Waals surface area contributed by atoms with Gasteiger partial charge in [-0.3, -0.25) is 0 Å². The third-order valence-corrected chi connectivity index (χ3v) is 4.54. The van der Waals surface area contributed by atoms with E-state index < -0.39 is 11.5 Å². The van der Waals surface area contributed by atoms with E-state index in [1.54, 1.807) is 0 Å². The van der Waals surface area contributed by atoms with Crippen molar-refractivity contribution in [2.45, 2.75) is 52.1 Å². The number of aliphatic hydroxyl groups excluding tert-OH is 1. The summed E-state index contributed by atoms with van der Waals surface area (Å²) in [4.78, 5) is 0. The van der Waals surface area contributed by atoms with Crippen LogP contribution in [0.3, 0.4) is 0 Å². The molecule has 102 valence electrons. The Morgan fingerprint density at radius 2 is 2.05 bits per heavy atom. The van der Waals surface area contributed by atoms with Gasteiger partial charge in [-0.15, -0.1) is 0 Å². The van der Waals surface area contributed by atoms with Crippen molar-refractivity contribution in [1.82, 2.24) is 0 Å². The zero-order valence-electron chi connectivity index (χ0n) is 11.9. The Morgan fingerprint density at radius 3 is 2.68 bits per heavy atom. The van der Waals surface area contributed by atoms with E-state index in [4.69, 9.17) is 0 Å². The zero-order chi connectivity index (χ0) is 13.9. The average molecular weight is 257 g/mol. The molecule has 1 aliphatic rings. The zero-order valence-corrected chi connectivity index (χ0v) is 11.9. The molecule has 0 amide bonds. The topological polar surface area (TPSA) is 44.0 Å². The van der Waals surface area contributed by atoms with Crippen LogP contribution in [0.25, 0.3) is 0 Å². The van der Waals surface area contributed by atoms with Gasteiger partial charge < -0.3 is 5.11 Å². The number of nitriles is 1. The number of benzene rings is 1. The van der Waals surface area contributed by atoms with Gasteiger partial charge in [0.05, 0.1) is 17.6 Å². The number of fused-ring (bicyclic) bond motifs is 1. The monoisotopic (exact) mass is 257 g/mol. The summed E-state index contributed by atoms with van der Waals surface area (Å²) in [6, 6.07) is 10.8. The molecule has 1 N–H and O–H groups in total. The van der Waals surface area contributed by atoms with E-state index in [1.807, 2.05) is 12.1 Å². The van der Waals surface area contributed by atoms with Gasteiger partial charge in [-0.05, 0) is 42.7 Å². The molecule has 0 aliphatic heterocycles. The van der Waals surface area contributed by atoms with Gasteiger partial charge in [0.1, 0.15) is 0 Å². The third kappa shape index (κ3) is 2.67. The van der Waals surface area contributed by atoms with Crippen LogP contribution in [0.1, 0.15) is 44.2 Å². The molecule has 0 bridgehead atoms. The fraction of sp³-hybridized carbons (Fsp3) is 0.588. The molecule has 0 spiro atoms. The largest absolute Gasteiger partial charge is 0.391 e. The Kier molecular flexibility index (Phi) is 4.27. The van der Waals surface area contributed by atoms with Crippen molar-refractivity contribution in [2.24, 2.45) is 11.3 Å². The highest BCUT2D eigenvalue weighted by Gasteiger charge is 2.43. The van der Waals surface area contributed by atoms with Crippen LogP contribution in [-0.4, -0.2) is 11.2 Å². The first kappa shape index (κ1) is 14.1. The van der Waals surface area contributed by atoms with Gasteiger partial charge in [0.25, 0.3) is 0 Å². The van der Waals surface area contributed by atoms with Crippen LogP contribution in [0.2, 0.25) is 0 Å². The molecule has 1 aromatic carbocycles. The molecule has 1 aliphatic carbocycles. The summed E-state index contributed by atoms with van der Waals surface area (Å²) in [5, 5.41) is 20.3. The SMILES string of the molecule is CCCC(C)C(O)C1(C#N)CCc2ccccc2C1. The second kappa shape index (κ2) is 5.75. The average Bonchev–Trinajstić information content (AvgIpc) is 2.46. The quantitative estimate of drug-likeness (QED) is 0.897. The maximum absolute atomic E-state index is 10.6. The molecular formula is C17H23NO. The second-order valence-electron chi connectivity index (χ2n) is 5.92. The lowest BCUT2D eigenvalue weighted by Gasteiger charge is -2.38. The Labute approximate surface area is 116 Å². The van der Waals surface area contributed by atoms with Crippen molar-refractivity contribution in [3.8, 4) is 6.07 Å². The van der Waals surface area contributed by atoms with Gasteiger partial charge in [0.2, 0.25) is 0 Å². The van der Waals surface area contributed by atoms with Crippen LogP contribution >= 0.6 is 0 Å². The fourth-order valence-electron chi connectivity index (χ4n) is 3.33. The molecule has 2 heteroatoms. The molecule has 3 unspecified atom stereocenters. The first-order valence-electron chi connectivity index (χ1n) is 7.29. The maximum Gasteiger partial charge on any atom is 0.0878 e. The first-order chi connectivity index (χ1) is 9.13. The lowest BCUT2D eigenvalue weighted by molar-refractivity contribution is 0.00789. The van der Waals surface area contributed by atoms with Crippen LogP contribution in [0, 0.1) is 22.7 Å². The molecule has 3 atom stereocenters. The van der Waals surface area contributed by atoms with Crippen LogP contribution in [0.4, 0.5) is 0 Å². The van der Waals surface area contributed by atoms with Crippen molar-refractivity contribution < 1.29 is 5.11 Å². The minimum absolute atomic E-state index is 0.190. The Balaban J connectivity index is 2.24. The molecule has 1 aromatic rings. The van der Waals surface area contributed by atoms with Gasteiger partial charge in [-0.25, -0.2) is 0 Å². The standard InChI is InChI=1S/C17H23NO/c1-3-6-13(2)16(19)17(12-18)10-9-14-7-4-5-8-15(14)11-17/h4-5,7-8,13,16,19H,3,6,9-11H2,1-2H3. The molecule has 19 heavy (non-hydrogen) atoms. The molecule has 0 heterocycles. The number of hydrogen-bond acceptors (Lipinski definition) is 2. The van der Waals surface area contributed by atoms with E-state index in [9.17, 15) is 10.4 Å². The number of aryl methyl sites for hydroxylation is 1. The molecule has 0 saturated heterocycles. The van der Waals surface area contributed by atoms with Crippen molar-refractivity contribution >= 4 is 0 Å². The molecule has 2 nitrogen and oxygen atoms in total. The molecule has 0 saturated carbocycles. The highest BCUT2D eigenvalue weighted by molar-refractivity contribution is 5.33. The van der Waals surface area contributed by atoms with Crippen molar-refractivity contribution in [1.29, 1.82) is 5.26 Å². The normalized spacial score (nSPS) is 25.2. The summed E-state index contributed by atoms with van der Waals surface area (Å²) in [5.41, 5.74) is 1.98. The Bertz CT molecular complexity index is 476. The fourth-order valence-corrected chi connectivity index (χ4v) is 3.33. The minimum atomic E-state index is -0.594. The minimum Gasteiger partial charge on any atom is -0.391 e. The molecule has 0 aromatic heterocycles. The number of nitrogens with zero attached hydrogens (tertiary/aromatic N) is 1. The first-order valence-corrected chi connectivity index (χ1v) is 7.29. The van der Waals surface area contributed by atoms with E-state index in [1.165, 1.54) is 11.1 Å². The highest BCUT2D eigenvalue weighted by atomic mass is 16.3. The van der Waals surface area contributed by atoms with Gasteiger partial charge in [-0.2, -0.15) is 5.26 Å². The lowest BCUT2D eigenvalue weighted by Crippen LogP contribution is -2.42. The van der Waals surface area contributed by atoms with Crippen LogP contribution < -0.4 is 0 Å². The van der Waals surface area contributed by atoms with Crippen molar-refractivity contribution in [3.63, 3.8) is 0 Å². The molecular weight excluding hydrogens is 234 g/mol. The van der Waals surface area contributed by atoms with Gasteiger partial charge in [0.15, 0.2) is 0 Å². The van der Waals surface area contributed by atoms with E-state index >= 15 is 0 Å². The summed E-state index contributed by atoms with van der Waals surface area (Å²) in [6.45, 7) is 4.19. The summed E-state index contributed by atoms with van der Waals surface area (Å²) < 4.78 is 0. The van der Waals surface area contributed by atoms with E-state index in [2.05, 4.69) is 32.0 Å². The molecule has 0 radical (unpaired) electrons. The summed E-state index contributed by atoms with van der Waals surface area (Å²) in [6.07, 6.45) is 3.87. The molecule has 0 fully saturated rings. The Morgan fingerprint density at radius 1 is 1.37 bits per heavy atom. The van der Waals surface area contributed by atoms with E-state index in [-0.39, 0.29) is 5.92 Å². The van der Waals surface area contributed by atoms with Crippen molar-refractivity contribution in [3.05, 3.63) is 35.4 Å². The van der Waals surface area contributed by atoms with Crippen LogP contribution in [0.5, 0.6) is 0 Å². The molecule has 2 rings (SSSR count). The van der Waals surface area contributed by atoms with E-state index in [0.29, 0.717) is 6.42 Å². The number of hydrogen-bond donors (Lipinski definition) is 1. The third-order valence-electron chi connectivity index (χ3n) is 4.54. The summed E-state index contributed by atoms with van der Waals surface area (Å²) in [5.74, 6) is 0.190. The Hall–Kier alpha value is -1.33. The van der Waals surface area contributed by atoms with Crippen LogP contribution in [0.15, 0.2) is 24.3 Å². The van der Waals surface area contributed by atoms with Crippen LogP contribution in [-0.2, 0) is 12.8 Å². The predicted molar refractivity (Wildman–Crippen MR) is 76.6 cm³/mol. The van der Waals surface area contributed by atoms with E-state index in [0.717, 1.165) is 25.7 Å². The van der Waals surface area contributed by atoms with Gasteiger partial charge in [-0.1, -0.05) is 44.5 Å². The summed E-state index contributed by atoms with van der Waals surface area (Å²) >= 11 is 0. The lowest BCUT2D eigenvalue weighted by atomic mass is 9.66. The number of rotatable bonds is 4. The predicted octanol–water partition coefficient (Wildman–Crippen LogP) is 3.48. The smallest absolute Gasteiger partial charge is 0.0878 e. The van der Waals surface area contributed by atoms with Gasteiger partial charge >= 0.3 is 0 Å². The second-order valence-corrected chi connectivity index (χ2v) is 5.92. The number of aliphatic hydroxyl groups is 1. The van der Waals surface area contributed by atoms with Crippen molar-refractivity contribution in [2.75, 3.05) is 0 Å². The maximum atomic E-state index is 10.6.